The molecule has 0 radical (unpaired) electrons. The van der Waals surface area contributed by atoms with Gasteiger partial charge in [-0.25, -0.2) is 0 Å². The Morgan fingerprint density at radius 3 is 2.74 bits per heavy atom. The molecule has 3 nitrogen and oxygen atoms in total. The van der Waals surface area contributed by atoms with E-state index in [0.717, 1.165) is 37.2 Å². The molecule has 1 aromatic heterocycles. The second kappa shape index (κ2) is 4.82. The fraction of sp³-hybridized carbons (Fsp3) is 0.667. The Labute approximate surface area is 118 Å². The Hall–Kier alpha value is -1.03. The van der Waals surface area contributed by atoms with Crippen molar-refractivity contribution < 1.29 is 4.79 Å². The Morgan fingerprint density at radius 2 is 2.11 bits per heavy atom. The molecule has 1 heterocycles. The van der Waals surface area contributed by atoms with Crippen LogP contribution < -0.4 is 11.1 Å². The third-order valence-electron chi connectivity index (χ3n) is 4.41. The lowest BCUT2D eigenvalue weighted by molar-refractivity contribution is 0.0951. The molecule has 4 heteroatoms. The standard InChI is InChI=1S/C15H22N2OS/c1-8(2)9-3-6-11-12(7-9)19-14(16)13(11)15(18)17-10-4-5-10/h8-10H,3-7,16H2,1-2H3,(H,17,18). The van der Waals surface area contributed by atoms with Gasteiger partial charge in [-0.15, -0.1) is 11.3 Å². The van der Waals surface area contributed by atoms with Gasteiger partial charge in [0.25, 0.3) is 5.91 Å². The number of hydrogen-bond acceptors (Lipinski definition) is 3. The van der Waals surface area contributed by atoms with Gasteiger partial charge in [0.15, 0.2) is 0 Å². The smallest absolute Gasteiger partial charge is 0.254 e. The molecule has 0 bridgehead atoms. The van der Waals surface area contributed by atoms with E-state index in [1.165, 1.54) is 16.9 Å². The molecule has 0 aromatic carbocycles. The zero-order valence-electron chi connectivity index (χ0n) is 11.7. The lowest BCUT2D eigenvalue weighted by atomic mass is 9.81. The first kappa shape index (κ1) is 13.0. The summed E-state index contributed by atoms with van der Waals surface area (Å²) < 4.78 is 0. The van der Waals surface area contributed by atoms with E-state index in [1.54, 1.807) is 11.3 Å². The lowest BCUT2D eigenvalue weighted by Gasteiger charge is -2.25. The topological polar surface area (TPSA) is 55.1 Å². The highest BCUT2D eigenvalue weighted by molar-refractivity contribution is 7.16. The van der Waals surface area contributed by atoms with Crippen LogP contribution in [-0.2, 0) is 12.8 Å². The number of carbonyl (C=O) groups excluding carboxylic acids is 1. The van der Waals surface area contributed by atoms with Gasteiger partial charge in [-0.2, -0.15) is 0 Å². The second-order valence-electron chi connectivity index (χ2n) is 6.24. The van der Waals surface area contributed by atoms with Gasteiger partial charge in [-0.1, -0.05) is 13.8 Å². The quantitative estimate of drug-likeness (QED) is 0.893. The van der Waals surface area contributed by atoms with Crippen LogP contribution >= 0.6 is 11.3 Å². The molecule has 1 fully saturated rings. The van der Waals surface area contributed by atoms with Crippen LogP contribution in [0.25, 0.3) is 0 Å². The first-order valence-corrected chi connectivity index (χ1v) is 8.08. The Morgan fingerprint density at radius 1 is 1.37 bits per heavy atom. The molecule has 0 saturated heterocycles. The third kappa shape index (κ3) is 2.50. The highest BCUT2D eigenvalue weighted by Crippen LogP contribution is 2.40. The van der Waals surface area contributed by atoms with Gasteiger partial charge in [0.2, 0.25) is 0 Å². The monoisotopic (exact) mass is 278 g/mol. The number of hydrogen-bond donors (Lipinski definition) is 2. The first-order valence-electron chi connectivity index (χ1n) is 7.27. The van der Waals surface area contributed by atoms with Crippen molar-refractivity contribution in [2.24, 2.45) is 11.8 Å². The van der Waals surface area contributed by atoms with Gasteiger partial charge in [0.05, 0.1) is 10.6 Å². The minimum absolute atomic E-state index is 0.0560. The predicted octanol–water partition coefficient (Wildman–Crippen LogP) is 2.98. The van der Waals surface area contributed by atoms with Crippen LogP contribution in [0.4, 0.5) is 5.00 Å². The zero-order chi connectivity index (χ0) is 13.6. The maximum absolute atomic E-state index is 12.3. The number of anilines is 1. The first-order chi connectivity index (χ1) is 9.06. The summed E-state index contributed by atoms with van der Waals surface area (Å²) in [5, 5.41) is 3.78. The van der Waals surface area contributed by atoms with Gasteiger partial charge < -0.3 is 11.1 Å². The summed E-state index contributed by atoms with van der Waals surface area (Å²) in [6, 6.07) is 0.398. The minimum Gasteiger partial charge on any atom is -0.390 e. The van der Waals surface area contributed by atoms with Gasteiger partial charge >= 0.3 is 0 Å². The molecular weight excluding hydrogens is 256 g/mol. The highest BCUT2D eigenvalue weighted by atomic mass is 32.1. The van der Waals surface area contributed by atoms with Crippen molar-refractivity contribution in [1.82, 2.24) is 5.32 Å². The Balaban J connectivity index is 1.84. The van der Waals surface area contributed by atoms with Crippen molar-refractivity contribution in [3.63, 3.8) is 0 Å². The number of fused-ring (bicyclic) bond motifs is 1. The molecule has 1 unspecified atom stereocenters. The minimum atomic E-state index is 0.0560. The van der Waals surface area contributed by atoms with E-state index in [0.29, 0.717) is 17.0 Å². The molecule has 1 saturated carbocycles. The van der Waals surface area contributed by atoms with Gasteiger partial charge in [-0.3, -0.25) is 4.79 Å². The second-order valence-corrected chi connectivity index (χ2v) is 7.37. The molecule has 3 rings (SSSR count). The molecule has 1 amide bonds. The van der Waals surface area contributed by atoms with Crippen LogP contribution in [0.15, 0.2) is 0 Å². The van der Waals surface area contributed by atoms with Crippen molar-refractivity contribution in [3.05, 3.63) is 16.0 Å². The normalized spacial score (nSPS) is 22.4. The van der Waals surface area contributed by atoms with E-state index in [1.807, 2.05) is 0 Å². The summed E-state index contributed by atoms with van der Waals surface area (Å²) in [5.41, 5.74) is 8.12. The average Bonchev–Trinajstić information content (AvgIpc) is 3.08. The van der Waals surface area contributed by atoms with Crippen LogP contribution in [0.3, 0.4) is 0 Å². The Kier molecular flexibility index (Phi) is 3.29. The van der Waals surface area contributed by atoms with E-state index in [-0.39, 0.29) is 5.91 Å². The van der Waals surface area contributed by atoms with E-state index >= 15 is 0 Å². The van der Waals surface area contributed by atoms with E-state index < -0.39 is 0 Å². The average molecular weight is 278 g/mol. The number of nitrogen functional groups attached to an aromatic ring is 1. The summed E-state index contributed by atoms with van der Waals surface area (Å²) in [7, 11) is 0. The summed E-state index contributed by atoms with van der Waals surface area (Å²) in [6.45, 7) is 4.57. The van der Waals surface area contributed by atoms with Crippen molar-refractivity contribution in [2.45, 2.75) is 52.0 Å². The molecule has 104 valence electrons. The van der Waals surface area contributed by atoms with Gasteiger partial charge in [0.1, 0.15) is 0 Å². The van der Waals surface area contributed by atoms with Crippen LogP contribution in [0.2, 0.25) is 0 Å². The molecule has 3 N–H and O–H groups in total. The molecule has 0 aliphatic heterocycles. The fourth-order valence-corrected chi connectivity index (χ4v) is 4.14. The summed E-state index contributed by atoms with van der Waals surface area (Å²) >= 11 is 1.63. The number of thiophene rings is 1. The number of nitrogens with two attached hydrogens (primary N) is 1. The molecule has 1 atom stereocenters. The number of amides is 1. The maximum atomic E-state index is 12.3. The summed E-state index contributed by atoms with van der Waals surface area (Å²) in [4.78, 5) is 13.6. The molecule has 0 spiro atoms. The van der Waals surface area contributed by atoms with Crippen LogP contribution in [0.5, 0.6) is 0 Å². The van der Waals surface area contributed by atoms with Crippen LogP contribution in [-0.4, -0.2) is 11.9 Å². The lowest BCUT2D eigenvalue weighted by Crippen LogP contribution is -2.27. The molecule has 2 aliphatic carbocycles. The summed E-state index contributed by atoms with van der Waals surface area (Å²) in [6.07, 6.45) is 5.53. The maximum Gasteiger partial charge on any atom is 0.254 e. The molecule has 2 aliphatic rings. The van der Waals surface area contributed by atoms with Crippen molar-refractivity contribution in [2.75, 3.05) is 5.73 Å². The van der Waals surface area contributed by atoms with Gasteiger partial charge in [0, 0.05) is 10.9 Å². The van der Waals surface area contributed by atoms with E-state index in [4.69, 9.17) is 5.73 Å². The zero-order valence-corrected chi connectivity index (χ0v) is 12.5. The fourth-order valence-electron chi connectivity index (χ4n) is 2.94. The van der Waals surface area contributed by atoms with Crippen molar-refractivity contribution in [1.29, 1.82) is 0 Å². The number of rotatable bonds is 3. The Bertz CT molecular complexity index is 502. The van der Waals surface area contributed by atoms with Crippen molar-refractivity contribution >= 4 is 22.2 Å². The van der Waals surface area contributed by atoms with Gasteiger partial charge in [-0.05, 0) is 49.5 Å². The molecule has 1 aromatic rings. The van der Waals surface area contributed by atoms with E-state index in [2.05, 4.69) is 19.2 Å². The molecular formula is C15H22N2OS. The molecule has 19 heavy (non-hydrogen) atoms. The largest absolute Gasteiger partial charge is 0.390 e. The van der Waals surface area contributed by atoms with Crippen molar-refractivity contribution in [3.8, 4) is 0 Å². The van der Waals surface area contributed by atoms with Crippen LogP contribution in [0, 0.1) is 11.8 Å². The predicted molar refractivity (Wildman–Crippen MR) is 79.6 cm³/mol. The van der Waals surface area contributed by atoms with E-state index in [9.17, 15) is 4.79 Å². The third-order valence-corrected chi connectivity index (χ3v) is 5.50. The highest BCUT2D eigenvalue weighted by Gasteiger charge is 2.31. The number of nitrogens with one attached hydrogen (secondary N) is 1. The summed E-state index contributed by atoms with van der Waals surface area (Å²) in [5.74, 6) is 1.51. The van der Waals surface area contributed by atoms with Crippen LogP contribution in [0.1, 0.15) is 53.9 Å². The number of carbonyl (C=O) groups is 1. The SMILES string of the molecule is CC(C)C1CCc2c(sc(N)c2C(=O)NC2CC2)C1.